The van der Waals surface area contributed by atoms with Crippen LogP contribution >= 0.6 is 15.9 Å². The predicted molar refractivity (Wildman–Crippen MR) is 46.6 cm³/mol. The normalized spacial score (nSPS) is 9.73. The van der Waals surface area contributed by atoms with E-state index >= 15 is 0 Å². The maximum atomic E-state index is 8.85. The predicted octanol–water partition coefficient (Wildman–Crippen LogP) is 1.95. The summed E-state index contributed by atoms with van der Waals surface area (Å²) in [5.41, 5.74) is 0.837. The second-order valence-electron chi connectivity index (χ2n) is 2.09. The maximum absolute atomic E-state index is 8.85. The van der Waals surface area contributed by atoms with Gasteiger partial charge in [-0.2, -0.15) is 0 Å². The summed E-state index contributed by atoms with van der Waals surface area (Å²) < 4.78 is 5.85. The molecule has 11 heavy (non-hydrogen) atoms. The zero-order valence-corrected chi connectivity index (χ0v) is 7.76. The highest BCUT2D eigenvalue weighted by Gasteiger charge is 2.02. The van der Waals surface area contributed by atoms with Gasteiger partial charge in [-0.25, -0.2) is 0 Å². The molecule has 0 fully saturated rings. The van der Waals surface area contributed by atoms with Crippen molar-refractivity contribution in [3.63, 3.8) is 0 Å². The molecule has 0 aromatic heterocycles. The minimum absolute atomic E-state index is 0.0256. The number of hydrogen-bond acceptors (Lipinski definition) is 2. The molecule has 0 bridgehead atoms. The molecule has 0 aliphatic heterocycles. The molecule has 0 saturated carbocycles. The molecular weight excluding hydrogens is 208 g/mol. The fourth-order valence-corrected chi connectivity index (χ4v) is 1.39. The summed E-state index contributed by atoms with van der Waals surface area (Å²) in [5.74, 6) is 0.747. The topological polar surface area (TPSA) is 29.5 Å². The molecule has 2 nitrogen and oxygen atoms in total. The van der Waals surface area contributed by atoms with Crippen LogP contribution in [0.1, 0.15) is 5.56 Å². The van der Waals surface area contributed by atoms with Gasteiger partial charge < -0.3 is 9.84 Å². The van der Waals surface area contributed by atoms with E-state index in [4.69, 9.17) is 9.84 Å². The second-order valence-corrected chi connectivity index (χ2v) is 2.88. The molecule has 0 aliphatic carbocycles. The van der Waals surface area contributed by atoms with Gasteiger partial charge in [0.25, 0.3) is 0 Å². The summed E-state index contributed by atoms with van der Waals surface area (Å²) in [6, 6.07) is 5.52. The van der Waals surface area contributed by atoms with Crippen LogP contribution in [0, 0.1) is 0 Å². The summed E-state index contributed by atoms with van der Waals surface area (Å²) >= 11 is 3.32. The average molecular weight is 217 g/mol. The van der Waals surface area contributed by atoms with Gasteiger partial charge in [-0.3, -0.25) is 0 Å². The second kappa shape index (κ2) is 3.74. The Morgan fingerprint density at radius 1 is 1.55 bits per heavy atom. The fourth-order valence-electron chi connectivity index (χ4n) is 0.836. The maximum Gasteiger partial charge on any atom is 0.133 e. The lowest BCUT2D eigenvalue weighted by molar-refractivity contribution is 0.280. The van der Waals surface area contributed by atoms with Gasteiger partial charge in [0.15, 0.2) is 0 Å². The lowest BCUT2D eigenvalue weighted by Gasteiger charge is -2.05. The quantitative estimate of drug-likeness (QED) is 0.820. The van der Waals surface area contributed by atoms with Gasteiger partial charge in [0.1, 0.15) is 5.75 Å². The number of hydrogen-bond donors (Lipinski definition) is 1. The molecule has 0 heterocycles. The first-order valence-corrected chi connectivity index (χ1v) is 4.01. The molecule has 1 aromatic carbocycles. The Morgan fingerprint density at radius 2 is 2.27 bits per heavy atom. The Morgan fingerprint density at radius 3 is 2.82 bits per heavy atom. The highest BCUT2D eigenvalue weighted by Crippen LogP contribution is 2.27. The first kappa shape index (κ1) is 8.56. The number of rotatable bonds is 2. The number of methoxy groups -OCH3 is 1. The summed E-state index contributed by atoms with van der Waals surface area (Å²) in [4.78, 5) is 0. The van der Waals surface area contributed by atoms with E-state index in [0.717, 1.165) is 15.8 Å². The number of halogens is 1. The third-order valence-electron chi connectivity index (χ3n) is 1.43. The highest BCUT2D eigenvalue weighted by molar-refractivity contribution is 9.10. The van der Waals surface area contributed by atoms with Crippen LogP contribution in [-0.4, -0.2) is 12.2 Å². The van der Waals surface area contributed by atoms with Gasteiger partial charge in [-0.15, -0.1) is 0 Å². The monoisotopic (exact) mass is 216 g/mol. The molecule has 1 rings (SSSR count). The first-order valence-electron chi connectivity index (χ1n) is 3.22. The van der Waals surface area contributed by atoms with Crippen molar-refractivity contribution in [2.75, 3.05) is 7.11 Å². The largest absolute Gasteiger partial charge is 0.496 e. The Hall–Kier alpha value is -0.540. The van der Waals surface area contributed by atoms with Crippen molar-refractivity contribution in [1.29, 1.82) is 0 Å². The molecule has 0 unspecified atom stereocenters. The fraction of sp³-hybridized carbons (Fsp3) is 0.250. The third-order valence-corrected chi connectivity index (χ3v) is 2.33. The van der Waals surface area contributed by atoms with Gasteiger partial charge in [0.05, 0.1) is 18.2 Å². The molecular formula is C8H9BrO2. The Balaban J connectivity index is 3.10. The molecule has 1 aromatic rings. The molecule has 0 aliphatic rings. The van der Waals surface area contributed by atoms with Crippen LogP contribution in [0.25, 0.3) is 0 Å². The number of ether oxygens (including phenoxy) is 1. The van der Waals surface area contributed by atoms with E-state index in [1.165, 1.54) is 0 Å². The van der Waals surface area contributed by atoms with Crippen LogP contribution in [0.3, 0.4) is 0 Å². The van der Waals surface area contributed by atoms with E-state index < -0.39 is 0 Å². The molecule has 0 atom stereocenters. The standard InChI is InChI=1S/C8H9BrO2/c1-11-7-4-2-3-6(5-10)8(7)9/h2-4,10H,5H2,1H3. The summed E-state index contributed by atoms with van der Waals surface area (Å²) in [5, 5.41) is 8.85. The van der Waals surface area contributed by atoms with Crippen molar-refractivity contribution in [3.8, 4) is 5.75 Å². The van der Waals surface area contributed by atoms with Crippen molar-refractivity contribution in [1.82, 2.24) is 0 Å². The van der Waals surface area contributed by atoms with E-state index in [1.807, 2.05) is 18.2 Å². The molecule has 0 amide bonds. The van der Waals surface area contributed by atoms with E-state index in [9.17, 15) is 0 Å². The Bertz CT molecular complexity index is 226. The zero-order chi connectivity index (χ0) is 8.27. The molecule has 0 saturated heterocycles. The molecule has 0 spiro atoms. The first-order chi connectivity index (χ1) is 5.29. The smallest absolute Gasteiger partial charge is 0.133 e. The Kier molecular flexibility index (Phi) is 2.91. The van der Waals surface area contributed by atoms with Gasteiger partial charge in [0, 0.05) is 0 Å². The van der Waals surface area contributed by atoms with E-state index in [0.29, 0.717) is 0 Å². The third kappa shape index (κ3) is 1.73. The van der Waals surface area contributed by atoms with Crippen molar-refractivity contribution < 1.29 is 9.84 Å². The SMILES string of the molecule is COc1cccc(CO)c1Br. The van der Waals surface area contributed by atoms with E-state index in [1.54, 1.807) is 7.11 Å². The molecule has 0 radical (unpaired) electrons. The van der Waals surface area contributed by atoms with Crippen LogP contribution in [0.5, 0.6) is 5.75 Å². The minimum atomic E-state index is 0.0256. The highest BCUT2D eigenvalue weighted by atomic mass is 79.9. The van der Waals surface area contributed by atoms with Gasteiger partial charge >= 0.3 is 0 Å². The van der Waals surface area contributed by atoms with Crippen molar-refractivity contribution >= 4 is 15.9 Å². The lowest BCUT2D eigenvalue weighted by Crippen LogP contribution is -1.89. The van der Waals surface area contributed by atoms with Gasteiger partial charge in [0.2, 0.25) is 0 Å². The van der Waals surface area contributed by atoms with Crippen molar-refractivity contribution in [2.45, 2.75) is 6.61 Å². The van der Waals surface area contributed by atoms with Crippen molar-refractivity contribution in [3.05, 3.63) is 28.2 Å². The van der Waals surface area contributed by atoms with Crippen molar-refractivity contribution in [2.24, 2.45) is 0 Å². The lowest BCUT2D eigenvalue weighted by atomic mass is 10.2. The number of aliphatic hydroxyl groups excluding tert-OH is 1. The summed E-state index contributed by atoms with van der Waals surface area (Å²) in [6.07, 6.45) is 0. The summed E-state index contributed by atoms with van der Waals surface area (Å²) in [7, 11) is 1.60. The van der Waals surface area contributed by atoms with Crippen LogP contribution in [0.15, 0.2) is 22.7 Å². The molecule has 60 valence electrons. The van der Waals surface area contributed by atoms with E-state index in [2.05, 4.69) is 15.9 Å². The van der Waals surface area contributed by atoms with Crippen LogP contribution in [0.4, 0.5) is 0 Å². The van der Waals surface area contributed by atoms with Gasteiger partial charge in [-0.05, 0) is 27.6 Å². The van der Waals surface area contributed by atoms with E-state index in [-0.39, 0.29) is 6.61 Å². The van der Waals surface area contributed by atoms with Crippen LogP contribution in [-0.2, 0) is 6.61 Å². The van der Waals surface area contributed by atoms with Crippen LogP contribution in [0.2, 0.25) is 0 Å². The molecule has 3 heteroatoms. The number of benzene rings is 1. The Labute approximate surface area is 73.9 Å². The average Bonchev–Trinajstić information content (AvgIpc) is 2.05. The van der Waals surface area contributed by atoms with Gasteiger partial charge in [-0.1, -0.05) is 12.1 Å². The zero-order valence-electron chi connectivity index (χ0n) is 6.17. The van der Waals surface area contributed by atoms with Crippen LogP contribution < -0.4 is 4.74 Å². The summed E-state index contributed by atoms with van der Waals surface area (Å²) in [6.45, 7) is 0.0256. The number of aliphatic hydroxyl groups is 1. The minimum Gasteiger partial charge on any atom is -0.496 e. The molecule has 1 N–H and O–H groups in total.